The number of nitrogens with zero attached hydrogens (tertiary/aromatic N) is 3. The molecule has 1 amide bonds. The Labute approximate surface area is 93.4 Å². The Morgan fingerprint density at radius 1 is 1.59 bits per heavy atom. The lowest BCUT2D eigenvalue weighted by molar-refractivity contribution is -0.387. The molecule has 0 unspecified atom stereocenters. The minimum atomic E-state index is -1.15. The lowest BCUT2D eigenvalue weighted by Gasteiger charge is -2.05. The first-order chi connectivity index (χ1) is 7.88. The summed E-state index contributed by atoms with van der Waals surface area (Å²) in [6, 6.07) is 0. The fourth-order valence-electron chi connectivity index (χ4n) is 1.16. The maximum absolute atomic E-state index is 11.5. The van der Waals surface area contributed by atoms with Crippen molar-refractivity contribution in [1.82, 2.24) is 14.6 Å². The third-order valence-electron chi connectivity index (χ3n) is 1.97. The number of nitrogens with one attached hydrogen (secondary N) is 1. The molecule has 0 aromatic carbocycles. The molecule has 0 saturated carbocycles. The molecular weight excluding hydrogens is 234 g/mol. The van der Waals surface area contributed by atoms with E-state index in [0.29, 0.717) is 4.57 Å². The van der Waals surface area contributed by atoms with Gasteiger partial charge in [-0.05, 0) is 0 Å². The van der Waals surface area contributed by atoms with E-state index in [1.54, 1.807) is 5.43 Å². The fourth-order valence-corrected chi connectivity index (χ4v) is 1.16. The number of aromatic nitrogens is 2. The second-order valence-electron chi connectivity index (χ2n) is 3.12. The van der Waals surface area contributed by atoms with E-state index >= 15 is 0 Å². The van der Waals surface area contributed by atoms with Crippen molar-refractivity contribution in [1.29, 1.82) is 0 Å². The van der Waals surface area contributed by atoms with Crippen molar-refractivity contribution < 1.29 is 9.72 Å². The Bertz CT molecular complexity index is 585. The number of amides is 1. The third kappa shape index (κ3) is 2.36. The average Bonchev–Trinajstić information content (AvgIpc) is 2.28. The standard InChI is InChI=1S/C7H9N5O5/c1-10-2-4(12(16)17)6(14)11(7(10)15)3-5(13)9-8/h2H,3,8H2,1H3,(H,9,13). The number of rotatable bonds is 3. The van der Waals surface area contributed by atoms with Gasteiger partial charge in [-0.1, -0.05) is 0 Å². The summed E-state index contributed by atoms with van der Waals surface area (Å²) in [6.45, 7) is -0.677. The molecule has 10 heteroatoms. The van der Waals surface area contributed by atoms with Crippen molar-refractivity contribution in [3.05, 3.63) is 37.1 Å². The van der Waals surface area contributed by atoms with Crippen LogP contribution in [0.5, 0.6) is 0 Å². The van der Waals surface area contributed by atoms with E-state index in [2.05, 4.69) is 0 Å². The van der Waals surface area contributed by atoms with Crippen molar-refractivity contribution in [3.63, 3.8) is 0 Å². The maximum Gasteiger partial charge on any atom is 0.350 e. The van der Waals surface area contributed by atoms with Gasteiger partial charge in [0.2, 0.25) is 0 Å². The number of hydrogen-bond donors (Lipinski definition) is 2. The molecule has 1 aromatic heterocycles. The highest BCUT2D eigenvalue weighted by molar-refractivity contribution is 5.74. The number of hydrogen-bond acceptors (Lipinski definition) is 6. The molecule has 0 saturated heterocycles. The minimum Gasteiger partial charge on any atom is -0.297 e. The molecule has 10 nitrogen and oxygen atoms in total. The number of nitro groups is 1. The number of hydrazine groups is 1. The Morgan fingerprint density at radius 3 is 2.65 bits per heavy atom. The molecule has 0 radical (unpaired) electrons. The Balaban J connectivity index is 3.48. The topological polar surface area (TPSA) is 142 Å². The van der Waals surface area contributed by atoms with Gasteiger partial charge in [0.25, 0.3) is 5.91 Å². The molecule has 1 aromatic rings. The largest absolute Gasteiger partial charge is 0.350 e. The Hall–Kier alpha value is -2.49. The summed E-state index contributed by atoms with van der Waals surface area (Å²) in [7, 11) is 1.23. The van der Waals surface area contributed by atoms with Crippen molar-refractivity contribution >= 4 is 11.6 Å². The first-order valence-corrected chi connectivity index (χ1v) is 4.32. The zero-order valence-corrected chi connectivity index (χ0v) is 8.74. The number of nitrogens with two attached hydrogens (primary N) is 1. The lowest BCUT2D eigenvalue weighted by Crippen LogP contribution is -2.44. The van der Waals surface area contributed by atoms with Crippen molar-refractivity contribution in [3.8, 4) is 0 Å². The van der Waals surface area contributed by atoms with Gasteiger partial charge in [-0.3, -0.25) is 29.7 Å². The summed E-state index contributed by atoms with van der Waals surface area (Å²) < 4.78 is 1.27. The average molecular weight is 243 g/mol. The van der Waals surface area contributed by atoms with Crippen molar-refractivity contribution in [2.75, 3.05) is 0 Å². The molecular formula is C7H9N5O5. The lowest BCUT2D eigenvalue weighted by atomic mass is 10.5. The predicted molar refractivity (Wildman–Crippen MR) is 54.9 cm³/mol. The molecule has 0 bridgehead atoms. The van der Waals surface area contributed by atoms with Crippen LogP contribution in [0.25, 0.3) is 0 Å². The zero-order chi connectivity index (χ0) is 13.2. The zero-order valence-electron chi connectivity index (χ0n) is 8.74. The van der Waals surface area contributed by atoms with Gasteiger partial charge >= 0.3 is 16.9 Å². The summed E-state index contributed by atoms with van der Waals surface area (Å²) in [6.07, 6.45) is 0.793. The highest BCUT2D eigenvalue weighted by Crippen LogP contribution is 1.98. The van der Waals surface area contributed by atoms with E-state index in [1.807, 2.05) is 0 Å². The van der Waals surface area contributed by atoms with Crippen LogP contribution in [0.1, 0.15) is 0 Å². The highest BCUT2D eigenvalue weighted by Gasteiger charge is 2.19. The van der Waals surface area contributed by atoms with E-state index in [0.717, 1.165) is 10.8 Å². The second-order valence-corrected chi connectivity index (χ2v) is 3.12. The van der Waals surface area contributed by atoms with E-state index in [-0.39, 0.29) is 0 Å². The molecule has 17 heavy (non-hydrogen) atoms. The van der Waals surface area contributed by atoms with Crippen molar-refractivity contribution in [2.24, 2.45) is 12.9 Å². The molecule has 0 aliphatic heterocycles. The summed E-state index contributed by atoms with van der Waals surface area (Å²) >= 11 is 0. The normalized spacial score (nSPS) is 10.0. The molecule has 1 rings (SSSR count). The van der Waals surface area contributed by atoms with E-state index in [4.69, 9.17) is 5.84 Å². The molecule has 0 aliphatic carbocycles. The molecule has 1 heterocycles. The highest BCUT2D eigenvalue weighted by atomic mass is 16.6. The SMILES string of the molecule is Cn1cc([N+](=O)[O-])c(=O)n(CC(=O)NN)c1=O. The van der Waals surface area contributed by atoms with Crippen LogP contribution in [0.2, 0.25) is 0 Å². The summed E-state index contributed by atoms with van der Waals surface area (Å²) in [4.78, 5) is 43.6. The molecule has 0 spiro atoms. The van der Waals surface area contributed by atoms with Gasteiger partial charge < -0.3 is 0 Å². The molecule has 0 aliphatic rings. The summed E-state index contributed by atoms with van der Waals surface area (Å²) in [5.41, 5.74) is -1.07. The van der Waals surface area contributed by atoms with E-state index < -0.39 is 34.3 Å². The van der Waals surface area contributed by atoms with Crippen LogP contribution in [-0.2, 0) is 18.4 Å². The number of aryl methyl sites for hydroxylation is 1. The van der Waals surface area contributed by atoms with Crippen LogP contribution < -0.4 is 22.5 Å². The van der Waals surface area contributed by atoms with Crippen LogP contribution in [0.15, 0.2) is 15.8 Å². The Morgan fingerprint density at radius 2 is 2.18 bits per heavy atom. The predicted octanol–water partition coefficient (Wildman–Crippen LogP) is -2.55. The second kappa shape index (κ2) is 4.57. The Kier molecular flexibility index (Phi) is 3.38. The van der Waals surface area contributed by atoms with Gasteiger partial charge in [-0.25, -0.2) is 15.2 Å². The van der Waals surface area contributed by atoms with Gasteiger partial charge in [-0.2, -0.15) is 0 Å². The van der Waals surface area contributed by atoms with Gasteiger partial charge in [0, 0.05) is 7.05 Å². The maximum atomic E-state index is 11.5. The number of carbonyl (C=O) groups is 1. The first-order valence-electron chi connectivity index (χ1n) is 4.32. The van der Waals surface area contributed by atoms with Crippen LogP contribution in [-0.4, -0.2) is 20.0 Å². The quantitative estimate of drug-likeness (QED) is 0.259. The smallest absolute Gasteiger partial charge is 0.297 e. The third-order valence-corrected chi connectivity index (χ3v) is 1.97. The van der Waals surface area contributed by atoms with Crippen LogP contribution in [0.4, 0.5) is 5.69 Å². The summed E-state index contributed by atoms with van der Waals surface area (Å²) in [5, 5.41) is 10.5. The van der Waals surface area contributed by atoms with Gasteiger partial charge in [-0.15, -0.1) is 0 Å². The van der Waals surface area contributed by atoms with Gasteiger partial charge in [0.05, 0.1) is 11.1 Å². The van der Waals surface area contributed by atoms with Crippen LogP contribution >= 0.6 is 0 Å². The van der Waals surface area contributed by atoms with Gasteiger partial charge in [0.15, 0.2) is 0 Å². The molecule has 0 fully saturated rings. The van der Waals surface area contributed by atoms with Gasteiger partial charge in [0.1, 0.15) is 6.54 Å². The van der Waals surface area contributed by atoms with Crippen LogP contribution in [0, 0.1) is 10.1 Å². The fraction of sp³-hybridized carbons (Fsp3) is 0.286. The monoisotopic (exact) mass is 243 g/mol. The van der Waals surface area contributed by atoms with E-state index in [9.17, 15) is 24.5 Å². The van der Waals surface area contributed by atoms with Crippen LogP contribution in [0.3, 0.4) is 0 Å². The first kappa shape index (κ1) is 12.6. The molecule has 3 N–H and O–H groups in total. The number of carbonyl (C=O) groups excluding carboxylic acids is 1. The van der Waals surface area contributed by atoms with E-state index in [1.165, 1.54) is 7.05 Å². The summed E-state index contributed by atoms with van der Waals surface area (Å²) in [5.74, 6) is 3.98. The molecule has 0 atom stereocenters. The van der Waals surface area contributed by atoms with Crippen molar-refractivity contribution in [2.45, 2.75) is 6.54 Å². The minimum absolute atomic E-state index is 0.431. The molecule has 92 valence electrons.